The number of anilines is 2. The molecule has 3 heterocycles. The first-order chi connectivity index (χ1) is 14.0. The normalized spacial score (nSPS) is 16.9. The molecule has 0 spiro atoms. The number of ether oxygens (including phenoxy) is 1. The molecule has 0 aliphatic carbocycles. The number of amidine groups is 1. The average Bonchev–Trinajstić information content (AvgIpc) is 3.12. The van der Waals surface area contributed by atoms with Crippen LogP contribution in [-0.2, 0) is 11.3 Å². The molecule has 0 amide bonds. The van der Waals surface area contributed by atoms with E-state index in [9.17, 15) is 0 Å². The number of benzene rings is 1. The quantitative estimate of drug-likeness (QED) is 0.558. The Hall–Kier alpha value is -3.17. The molecule has 2 aliphatic rings. The Bertz CT molecular complexity index is 951. The number of nitrogens with two attached hydrogens (primary N) is 3. The van der Waals surface area contributed by atoms with Crippen LogP contribution in [0.25, 0.3) is 0 Å². The van der Waals surface area contributed by atoms with E-state index >= 15 is 0 Å². The van der Waals surface area contributed by atoms with Crippen LogP contribution in [0.1, 0.15) is 28.3 Å². The standard InChI is InChI=1S/C20H26N8O/c1-12(28-4-6-29-7-5-28)9-25-20-16(19(23)26-11-27-20)17(21)13-2-3-14-10-24-18(22)15(14)8-13/h2-3,8,11,17H,1,4-7,9-10,21H2,(H2,22,24)(H3,23,25,26,27). The zero-order chi connectivity index (χ0) is 20.4. The lowest BCUT2D eigenvalue weighted by Gasteiger charge is -2.30. The fourth-order valence-corrected chi connectivity index (χ4v) is 3.62. The van der Waals surface area contributed by atoms with Gasteiger partial charge < -0.3 is 32.2 Å². The first-order valence-electron chi connectivity index (χ1n) is 9.58. The first-order valence-corrected chi connectivity index (χ1v) is 9.58. The van der Waals surface area contributed by atoms with Crippen molar-refractivity contribution < 1.29 is 4.74 Å². The third-order valence-electron chi connectivity index (χ3n) is 5.33. The number of aromatic nitrogens is 2. The topological polar surface area (TPSA) is 141 Å². The molecule has 1 aromatic heterocycles. The largest absolute Gasteiger partial charge is 0.383 e. The molecule has 4 rings (SSSR count). The number of nitrogens with one attached hydrogen (secondary N) is 1. The van der Waals surface area contributed by atoms with Gasteiger partial charge in [-0.1, -0.05) is 18.7 Å². The Morgan fingerprint density at radius 1 is 1.24 bits per heavy atom. The van der Waals surface area contributed by atoms with Crippen LogP contribution in [0.3, 0.4) is 0 Å². The van der Waals surface area contributed by atoms with Gasteiger partial charge in [0.2, 0.25) is 0 Å². The Balaban J connectivity index is 1.55. The van der Waals surface area contributed by atoms with Gasteiger partial charge in [0.15, 0.2) is 0 Å². The summed E-state index contributed by atoms with van der Waals surface area (Å²) in [7, 11) is 0. The van der Waals surface area contributed by atoms with Crippen LogP contribution in [-0.4, -0.2) is 53.6 Å². The van der Waals surface area contributed by atoms with Crippen LogP contribution >= 0.6 is 0 Å². The number of aliphatic imine (C=N–C) groups is 1. The number of hydrogen-bond donors (Lipinski definition) is 4. The van der Waals surface area contributed by atoms with E-state index in [0.29, 0.717) is 49.3 Å². The van der Waals surface area contributed by atoms with Crippen molar-refractivity contribution in [3.05, 3.63) is 59.1 Å². The van der Waals surface area contributed by atoms with Crippen molar-refractivity contribution in [3.8, 4) is 0 Å². The summed E-state index contributed by atoms with van der Waals surface area (Å²) >= 11 is 0. The van der Waals surface area contributed by atoms with Gasteiger partial charge in [0.1, 0.15) is 23.8 Å². The van der Waals surface area contributed by atoms with E-state index in [1.54, 1.807) is 0 Å². The minimum atomic E-state index is -0.506. The first kappa shape index (κ1) is 19.2. The summed E-state index contributed by atoms with van der Waals surface area (Å²) in [5.74, 6) is 1.47. The summed E-state index contributed by atoms with van der Waals surface area (Å²) in [6.07, 6.45) is 1.43. The molecule has 1 aromatic carbocycles. The maximum atomic E-state index is 6.58. The van der Waals surface area contributed by atoms with Crippen LogP contribution in [0.2, 0.25) is 0 Å². The second kappa shape index (κ2) is 8.06. The average molecular weight is 394 g/mol. The van der Waals surface area contributed by atoms with Gasteiger partial charge >= 0.3 is 0 Å². The molecule has 9 heteroatoms. The number of fused-ring (bicyclic) bond motifs is 1. The number of hydrogen-bond acceptors (Lipinski definition) is 9. The molecule has 1 atom stereocenters. The maximum absolute atomic E-state index is 6.58. The lowest BCUT2D eigenvalue weighted by molar-refractivity contribution is 0.0536. The molecule has 2 aromatic rings. The molecule has 1 fully saturated rings. The van der Waals surface area contributed by atoms with E-state index in [-0.39, 0.29) is 0 Å². The minimum absolute atomic E-state index is 0.342. The minimum Gasteiger partial charge on any atom is -0.383 e. The third-order valence-corrected chi connectivity index (χ3v) is 5.33. The van der Waals surface area contributed by atoms with E-state index in [1.165, 1.54) is 6.33 Å². The molecule has 1 unspecified atom stereocenters. The van der Waals surface area contributed by atoms with Crippen LogP contribution in [0.5, 0.6) is 0 Å². The highest BCUT2D eigenvalue weighted by Gasteiger charge is 2.22. The van der Waals surface area contributed by atoms with Crippen LogP contribution in [0, 0.1) is 0 Å². The molecule has 0 radical (unpaired) electrons. The van der Waals surface area contributed by atoms with Crippen molar-refractivity contribution in [2.45, 2.75) is 12.6 Å². The number of rotatable bonds is 6. The molecular formula is C20H26N8O. The zero-order valence-corrected chi connectivity index (χ0v) is 16.3. The van der Waals surface area contributed by atoms with Crippen molar-refractivity contribution in [2.75, 3.05) is 43.9 Å². The summed E-state index contributed by atoms with van der Waals surface area (Å²) in [5, 5.41) is 3.32. The van der Waals surface area contributed by atoms with Gasteiger partial charge in [-0.25, -0.2) is 9.97 Å². The van der Waals surface area contributed by atoms with Crippen LogP contribution in [0.15, 0.2) is 41.8 Å². The second-order valence-corrected chi connectivity index (χ2v) is 7.14. The van der Waals surface area contributed by atoms with Crippen molar-refractivity contribution in [3.63, 3.8) is 0 Å². The monoisotopic (exact) mass is 394 g/mol. The predicted molar refractivity (Wildman–Crippen MR) is 113 cm³/mol. The molecule has 29 heavy (non-hydrogen) atoms. The van der Waals surface area contributed by atoms with E-state index in [2.05, 4.69) is 31.8 Å². The fraction of sp³-hybridized carbons (Fsp3) is 0.350. The highest BCUT2D eigenvalue weighted by Crippen LogP contribution is 2.31. The Morgan fingerprint density at radius 2 is 2.03 bits per heavy atom. The Morgan fingerprint density at radius 3 is 2.83 bits per heavy atom. The second-order valence-electron chi connectivity index (χ2n) is 7.14. The van der Waals surface area contributed by atoms with E-state index in [1.807, 2.05) is 18.2 Å². The number of nitrogens with zero attached hydrogens (tertiary/aromatic N) is 4. The summed E-state index contributed by atoms with van der Waals surface area (Å²) in [4.78, 5) is 15.0. The zero-order valence-electron chi connectivity index (χ0n) is 16.3. The van der Waals surface area contributed by atoms with E-state index < -0.39 is 6.04 Å². The van der Waals surface area contributed by atoms with E-state index in [0.717, 1.165) is 35.5 Å². The van der Waals surface area contributed by atoms with Gasteiger partial charge in [0, 0.05) is 24.4 Å². The number of nitrogen functional groups attached to an aromatic ring is 1. The highest BCUT2D eigenvalue weighted by molar-refractivity contribution is 6.01. The lowest BCUT2D eigenvalue weighted by Crippen LogP contribution is -2.37. The van der Waals surface area contributed by atoms with Gasteiger partial charge in [-0.2, -0.15) is 0 Å². The maximum Gasteiger partial charge on any atom is 0.136 e. The molecule has 0 bridgehead atoms. The third kappa shape index (κ3) is 3.87. The molecule has 0 saturated carbocycles. The van der Waals surface area contributed by atoms with E-state index in [4.69, 9.17) is 21.9 Å². The van der Waals surface area contributed by atoms with Gasteiger partial charge in [-0.05, 0) is 17.2 Å². The molecule has 7 N–H and O–H groups in total. The van der Waals surface area contributed by atoms with Crippen molar-refractivity contribution >= 4 is 17.5 Å². The summed E-state index contributed by atoms with van der Waals surface area (Å²) in [6, 6.07) is 5.44. The summed E-state index contributed by atoms with van der Waals surface area (Å²) in [5.41, 5.74) is 23.2. The molecule has 9 nitrogen and oxygen atoms in total. The van der Waals surface area contributed by atoms with Crippen molar-refractivity contribution in [1.82, 2.24) is 14.9 Å². The van der Waals surface area contributed by atoms with Gasteiger partial charge in [-0.3, -0.25) is 4.99 Å². The van der Waals surface area contributed by atoms with Gasteiger partial charge in [-0.15, -0.1) is 0 Å². The van der Waals surface area contributed by atoms with Crippen molar-refractivity contribution in [2.24, 2.45) is 16.5 Å². The van der Waals surface area contributed by atoms with Crippen LogP contribution < -0.4 is 22.5 Å². The smallest absolute Gasteiger partial charge is 0.136 e. The lowest BCUT2D eigenvalue weighted by atomic mass is 9.96. The fourth-order valence-electron chi connectivity index (χ4n) is 3.62. The van der Waals surface area contributed by atoms with Gasteiger partial charge in [0.25, 0.3) is 0 Å². The van der Waals surface area contributed by atoms with Crippen molar-refractivity contribution in [1.29, 1.82) is 0 Å². The summed E-state index contributed by atoms with van der Waals surface area (Å²) < 4.78 is 5.39. The Labute approximate surface area is 169 Å². The van der Waals surface area contributed by atoms with Crippen LogP contribution in [0.4, 0.5) is 11.6 Å². The van der Waals surface area contributed by atoms with Gasteiger partial charge in [0.05, 0.1) is 37.9 Å². The molecular weight excluding hydrogens is 368 g/mol. The highest BCUT2D eigenvalue weighted by atomic mass is 16.5. The predicted octanol–water partition coefficient (Wildman–Crippen LogP) is 0.584. The Kier molecular flexibility index (Phi) is 5.32. The molecule has 152 valence electrons. The summed E-state index contributed by atoms with van der Waals surface area (Å²) in [6.45, 7) is 8.38. The SMILES string of the molecule is C=C(CNc1ncnc(N)c1C(N)c1ccc2c(c1)C(N)=NC2)N1CCOCC1. The molecule has 2 aliphatic heterocycles. The number of morpholine rings is 1. The molecule has 1 saturated heterocycles.